The van der Waals surface area contributed by atoms with E-state index in [1.54, 1.807) is 12.4 Å². The third-order valence-corrected chi connectivity index (χ3v) is 3.83. The predicted molar refractivity (Wildman–Crippen MR) is 75.8 cm³/mol. The number of thiazole rings is 1. The average Bonchev–Trinajstić information content (AvgIpc) is 2.97. The first-order chi connectivity index (χ1) is 10.0. The largest absolute Gasteiger partial charge is 0.416 e. The molecule has 0 aliphatic carbocycles. The van der Waals surface area contributed by atoms with Crippen molar-refractivity contribution in [3.63, 3.8) is 0 Å². The van der Waals surface area contributed by atoms with Crippen LogP contribution in [0.3, 0.4) is 0 Å². The van der Waals surface area contributed by atoms with E-state index in [0.29, 0.717) is 10.6 Å². The molecule has 3 aromatic rings. The van der Waals surface area contributed by atoms with E-state index in [-0.39, 0.29) is 0 Å². The number of hydrogen-bond acceptors (Lipinski definition) is 3. The van der Waals surface area contributed by atoms with Crippen molar-refractivity contribution in [2.75, 3.05) is 0 Å². The van der Waals surface area contributed by atoms with Crippen LogP contribution in [-0.4, -0.2) is 9.97 Å². The van der Waals surface area contributed by atoms with Gasteiger partial charge < -0.3 is 0 Å². The van der Waals surface area contributed by atoms with Gasteiger partial charge in [0, 0.05) is 28.9 Å². The van der Waals surface area contributed by atoms with Crippen molar-refractivity contribution in [2.24, 2.45) is 0 Å². The Balaban J connectivity index is 1.90. The van der Waals surface area contributed by atoms with Crippen LogP contribution in [0.2, 0.25) is 0 Å². The summed E-state index contributed by atoms with van der Waals surface area (Å²) >= 11 is 1.40. The number of hydrogen-bond donors (Lipinski definition) is 0. The van der Waals surface area contributed by atoms with Gasteiger partial charge in [-0.05, 0) is 24.3 Å². The smallest absolute Gasteiger partial charge is 0.265 e. The average molecular weight is 306 g/mol. The zero-order valence-electron chi connectivity index (χ0n) is 10.6. The van der Waals surface area contributed by atoms with E-state index in [1.165, 1.54) is 23.5 Å². The summed E-state index contributed by atoms with van der Waals surface area (Å²) in [6, 6.07) is 8.71. The zero-order valence-corrected chi connectivity index (χ0v) is 11.4. The lowest BCUT2D eigenvalue weighted by atomic mass is 10.1. The van der Waals surface area contributed by atoms with Gasteiger partial charge in [-0.1, -0.05) is 12.1 Å². The molecule has 3 rings (SSSR count). The molecule has 0 saturated carbocycles. The Labute approximate surface area is 122 Å². The van der Waals surface area contributed by atoms with Crippen molar-refractivity contribution in [1.29, 1.82) is 0 Å². The quantitative estimate of drug-likeness (QED) is 0.673. The molecule has 0 bridgehead atoms. The van der Waals surface area contributed by atoms with Gasteiger partial charge in [0.1, 0.15) is 5.01 Å². The van der Waals surface area contributed by atoms with Crippen LogP contribution in [0.25, 0.3) is 21.8 Å². The third kappa shape index (κ3) is 2.95. The second-order valence-electron chi connectivity index (χ2n) is 4.35. The highest BCUT2D eigenvalue weighted by molar-refractivity contribution is 7.13. The number of benzene rings is 1. The summed E-state index contributed by atoms with van der Waals surface area (Å²) in [7, 11) is 0. The van der Waals surface area contributed by atoms with Gasteiger partial charge in [0.15, 0.2) is 0 Å². The van der Waals surface area contributed by atoms with E-state index in [1.807, 2.05) is 17.5 Å². The van der Waals surface area contributed by atoms with Crippen LogP contribution in [0.4, 0.5) is 13.2 Å². The third-order valence-electron chi connectivity index (χ3n) is 2.94. The fourth-order valence-corrected chi connectivity index (χ4v) is 2.70. The van der Waals surface area contributed by atoms with Gasteiger partial charge in [0.25, 0.3) is 0 Å². The minimum atomic E-state index is -4.32. The van der Waals surface area contributed by atoms with Crippen molar-refractivity contribution in [1.82, 2.24) is 9.97 Å². The highest BCUT2D eigenvalue weighted by atomic mass is 32.1. The molecule has 2 heterocycles. The molecule has 0 fully saturated rings. The molecule has 0 N–H and O–H groups in total. The van der Waals surface area contributed by atoms with Gasteiger partial charge in [-0.3, -0.25) is 4.98 Å². The molecule has 0 spiro atoms. The summed E-state index contributed by atoms with van der Waals surface area (Å²) in [5.74, 6) is 0. The van der Waals surface area contributed by atoms with Crippen molar-refractivity contribution in [3.8, 4) is 21.8 Å². The lowest BCUT2D eigenvalue weighted by Gasteiger charge is -2.06. The highest BCUT2D eigenvalue weighted by Crippen LogP contribution is 2.33. The Morgan fingerprint density at radius 1 is 0.857 bits per heavy atom. The topological polar surface area (TPSA) is 25.8 Å². The van der Waals surface area contributed by atoms with Crippen LogP contribution in [0.5, 0.6) is 0 Å². The summed E-state index contributed by atoms with van der Waals surface area (Å²) in [5, 5.41) is 2.57. The molecular weight excluding hydrogens is 297 g/mol. The molecule has 106 valence electrons. The minimum absolute atomic E-state index is 0.655. The van der Waals surface area contributed by atoms with E-state index in [2.05, 4.69) is 9.97 Å². The first-order valence-corrected chi connectivity index (χ1v) is 6.95. The number of nitrogens with zero attached hydrogens (tertiary/aromatic N) is 2. The number of aromatic nitrogens is 2. The van der Waals surface area contributed by atoms with Gasteiger partial charge in [0.05, 0.1) is 11.3 Å². The number of pyridine rings is 1. The van der Waals surface area contributed by atoms with Crippen LogP contribution in [0, 0.1) is 0 Å². The Morgan fingerprint density at radius 2 is 1.52 bits per heavy atom. The van der Waals surface area contributed by atoms with E-state index in [9.17, 15) is 13.2 Å². The Morgan fingerprint density at radius 3 is 2.14 bits per heavy atom. The standard InChI is InChI=1S/C15H9F3N2S/c16-15(17,18)12-3-1-11(2-4-12)14-20-13(9-21-14)10-5-7-19-8-6-10/h1-9H. The predicted octanol–water partition coefficient (Wildman–Crippen LogP) is 4.89. The summed E-state index contributed by atoms with van der Waals surface area (Å²) in [5.41, 5.74) is 1.74. The SMILES string of the molecule is FC(F)(F)c1ccc(-c2nc(-c3ccncc3)cs2)cc1. The fourth-order valence-electron chi connectivity index (χ4n) is 1.86. The Bertz CT molecular complexity index is 734. The molecule has 0 amide bonds. The summed E-state index contributed by atoms with van der Waals surface area (Å²) < 4.78 is 37.6. The molecule has 2 nitrogen and oxygen atoms in total. The fraction of sp³-hybridized carbons (Fsp3) is 0.0667. The number of rotatable bonds is 2. The molecule has 6 heteroatoms. The molecule has 0 aliphatic rings. The normalized spacial score (nSPS) is 11.6. The van der Waals surface area contributed by atoms with E-state index in [4.69, 9.17) is 0 Å². The maximum Gasteiger partial charge on any atom is 0.416 e. The van der Waals surface area contributed by atoms with E-state index < -0.39 is 11.7 Å². The van der Waals surface area contributed by atoms with E-state index >= 15 is 0 Å². The monoisotopic (exact) mass is 306 g/mol. The van der Waals surface area contributed by atoms with Crippen LogP contribution < -0.4 is 0 Å². The molecule has 0 atom stereocenters. The maximum absolute atomic E-state index is 12.5. The van der Waals surface area contributed by atoms with Crippen molar-refractivity contribution in [3.05, 3.63) is 59.7 Å². The van der Waals surface area contributed by atoms with Gasteiger partial charge in [-0.2, -0.15) is 13.2 Å². The molecular formula is C15H9F3N2S. The zero-order chi connectivity index (χ0) is 14.9. The number of halogens is 3. The Hall–Kier alpha value is -2.21. The van der Waals surface area contributed by atoms with Gasteiger partial charge >= 0.3 is 6.18 Å². The van der Waals surface area contributed by atoms with Crippen molar-refractivity contribution in [2.45, 2.75) is 6.18 Å². The van der Waals surface area contributed by atoms with Gasteiger partial charge in [-0.15, -0.1) is 11.3 Å². The van der Waals surface area contributed by atoms with Gasteiger partial charge in [-0.25, -0.2) is 4.98 Å². The lowest BCUT2D eigenvalue weighted by Crippen LogP contribution is -2.03. The van der Waals surface area contributed by atoms with Crippen LogP contribution >= 0.6 is 11.3 Å². The molecule has 0 radical (unpaired) electrons. The molecule has 0 aliphatic heterocycles. The van der Waals surface area contributed by atoms with Gasteiger partial charge in [0.2, 0.25) is 0 Å². The second-order valence-corrected chi connectivity index (χ2v) is 5.21. The maximum atomic E-state index is 12.5. The molecule has 0 saturated heterocycles. The molecule has 21 heavy (non-hydrogen) atoms. The van der Waals surface area contributed by atoms with Crippen molar-refractivity contribution < 1.29 is 13.2 Å². The lowest BCUT2D eigenvalue weighted by molar-refractivity contribution is -0.137. The van der Waals surface area contributed by atoms with Crippen LogP contribution in [0.15, 0.2) is 54.2 Å². The van der Waals surface area contributed by atoms with Crippen molar-refractivity contribution >= 4 is 11.3 Å². The molecule has 0 unspecified atom stereocenters. The van der Waals surface area contributed by atoms with Crippen LogP contribution in [-0.2, 0) is 6.18 Å². The summed E-state index contributed by atoms with van der Waals surface area (Å²) in [6.07, 6.45) is -0.970. The number of alkyl halides is 3. The highest BCUT2D eigenvalue weighted by Gasteiger charge is 2.30. The summed E-state index contributed by atoms with van der Waals surface area (Å²) in [4.78, 5) is 8.39. The van der Waals surface area contributed by atoms with Crippen LogP contribution in [0.1, 0.15) is 5.56 Å². The van der Waals surface area contributed by atoms with E-state index in [0.717, 1.165) is 23.4 Å². The Kier molecular flexibility index (Phi) is 3.47. The second kappa shape index (κ2) is 5.29. The molecule has 2 aromatic heterocycles. The summed E-state index contributed by atoms with van der Waals surface area (Å²) in [6.45, 7) is 0. The minimum Gasteiger partial charge on any atom is -0.265 e. The first kappa shape index (κ1) is 13.8. The first-order valence-electron chi connectivity index (χ1n) is 6.07. The molecule has 1 aromatic carbocycles.